The lowest BCUT2D eigenvalue weighted by Crippen LogP contribution is -1.91. The van der Waals surface area contributed by atoms with Crippen LogP contribution in [0.25, 0.3) is 39.5 Å². The fourth-order valence-electron chi connectivity index (χ4n) is 3.27. The van der Waals surface area contributed by atoms with Crippen LogP contribution in [0.2, 0.25) is 0 Å². The highest BCUT2D eigenvalue weighted by atomic mass is 19.1. The number of halogens is 1. The van der Waals surface area contributed by atoms with Gasteiger partial charge in [-0.25, -0.2) is 14.4 Å². The lowest BCUT2D eigenvalue weighted by Gasteiger charge is -2.04. The number of fused-ring (bicyclic) bond motifs is 2. The second-order valence-corrected chi connectivity index (χ2v) is 6.21. The van der Waals surface area contributed by atoms with Crippen molar-refractivity contribution in [2.75, 3.05) is 7.11 Å². The van der Waals surface area contributed by atoms with Crippen LogP contribution in [-0.2, 0) is 0 Å². The van der Waals surface area contributed by atoms with E-state index in [2.05, 4.69) is 9.97 Å². The Morgan fingerprint density at radius 2 is 1.85 bits per heavy atom. The zero-order valence-corrected chi connectivity index (χ0v) is 14.5. The molecule has 0 unspecified atom stereocenters. The standard InChI is InChI=1S/C21H15FN4O/c1-27-15-8-5-13(6-9-15)19-20(26-11-3-2-4-18(26)25-19)21-23-16-10-7-14(22)12-17(16)24-21/h2-12H,1H3,(H,23,24). The Kier molecular flexibility index (Phi) is 3.43. The van der Waals surface area contributed by atoms with Crippen LogP contribution in [0.1, 0.15) is 0 Å². The van der Waals surface area contributed by atoms with Crippen LogP contribution in [0.5, 0.6) is 5.75 Å². The van der Waals surface area contributed by atoms with E-state index in [0.717, 1.165) is 28.3 Å². The van der Waals surface area contributed by atoms with Crippen molar-refractivity contribution in [2.24, 2.45) is 0 Å². The number of rotatable bonds is 3. The average molecular weight is 358 g/mol. The molecule has 132 valence electrons. The zero-order valence-electron chi connectivity index (χ0n) is 14.5. The topological polar surface area (TPSA) is 55.2 Å². The minimum atomic E-state index is -0.300. The molecule has 0 radical (unpaired) electrons. The number of imidazole rings is 2. The Bertz CT molecular complexity index is 1270. The number of nitrogens with one attached hydrogen (secondary N) is 1. The maximum Gasteiger partial charge on any atom is 0.157 e. The Labute approximate surface area is 154 Å². The summed E-state index contributed by atoms with van der Waals surface area (Å²) in [6.07, 6.45) is 1.94. The summed E-state index contributed by atoms with van der Waals surface area (Å²) in [7, 11) is 1.64. The summed E-state index contributed by atoms with van der Waals surface area (Å²) in [5.74, 6) is 1.12. The highest BCUT2D eigenvalue weighted by molar-refractivity contribution is 5.84. The van der Waals surface area contributed by atoms with Crippen LogP contribution in [0.3, 0.4) is 0 Å². The molecule has 0 spiro atoms. The van der Waals surface area contributed by atoms with Crippen LogP contribution < -0.4 is 4.74 Å². The molecule has 0 fully saturated rings. The minimum Gasteiger partial charge on any atom is -0.497 e. The molecule has 0 saturated carbocycles. The van der Waals surface area contributed by atoms with Crippen LogP contribution in [0, 0.1) is 5.82 Å². The summed E-state index contributed by atoms with van der Waals surface area (Å²) in [6, 6.07) is 18.1. The van der Waals surface area contributed by atoms with E-state index in [1.807, 2.05) is 53.1 Å². The number of aromatic amines is 1. The number of hydrogen-bond acceptors (Lipinski definition) is 3. The molecule has 0 amide bonds. The number of nitrogens with zero attached hydrogens (tertiary/aromatic N) is 3. The van der Waals surface area contributed by atoms with Gasteiger partial charge < -0.3 is 9.72 Å². The predicted molar refractivity (Wildman–Crippen MR) is 102 cm³/mol. The molecule has 0 saturated heterocycles. The van der Waals surface area contributed by atoms with Crippen molar-refractivity contribution < 1.29 is 9.13 Å². The normalized spacial score (nSPS) is 11.3. The van der Waals surface area contributed by atoms with E-state index < -0.39 is 0 Å². The molecule has 2 aromatic carbocycles. The van der Waals surface area contributed by atoms with Gasteiger partial charge in [0.2, 0.25) is 0 Å². The minimum absolute atomic E-state index is 0.300. The lowest BCUT2D eigenvalue weighted by molar-refractivity contribution is 0.415. The van der Waals surface area contributed by atoms with Crippen LogP contribution in [0.4, 0.5) is 4.39 Å². The first-order chi connectivity index (χ1) is 13.2. The molecule has 0 bridgehead atoms. The third-order valence-corrected chi connectivity index (χ3v) is 4.56. The third-order valence-electron chi connectivity index (χ3n) is 4.56. The number of benzene rings is 2. The summed E-state index contributed by atoms with van der Waals surface area (Å²) in [5.41, 5.74) is 4.73. The van der Waals surface area contributed by atoms with E-state index in [-0.39, 0.29) is 5.82 Å². The summed E-state index contributed by atoms with van der Waals surface area (Å²) in [6.45, 7) is 0. The van der Waals surface area contributed by atoms with Gasteiger partial charge in [-0.2, -0.15) is 0 Å². The molecule has 3 heterocycles. The third kappa shape index (κ3) is 2.54. The number of pyridine rings is 1. The molecule has 0 aliphatic carbocycles. The van der Waals surface area contributed by atoms with Gasteiger partial charge in [-0.1, -0.05) is 6.07 Å². The number of ether oxygens (including phenoxy) is 1. The molecule has 5 rings (SSSR count). The first-order valence-corrected chi connectivity index (χ1v) is 8.50. The van der Waals surface area contributed by atoms with Crippen molar-refractivity contribution in [3.05, 3.63) is 72.7 Å². The number of H-pyrrole nitrogens is 1. The molecular formula is C21H15FN4O. The van der Waals surface area contributed by atoms with E-state index in [1.165, 1.54) is 12.1 Å². The molecular weight excluding hydrogens is 343 g/mol. The van der Waals surface area contributed by atoms with Gasteiger partial charge in [0, 0.05) is 11.8 Å². The van der Waals surface area contributed by atoms with Crippen molar-refractivity contribution in [1.82, 2.24) is 19.4 Å². The largest absolute Gasteiger partial charge is 0.497 e. The monoisotopic (exact) mass is 358 g/mol. The van der Waals surface area contributed by atoms with E-state index in [9.17, 15) is 4.39 Å². The summed E-state index contributed by atoms with van der Waals surface area (Å²) in [5, 5.41) is 0. The fourth-order valence-corrected chi connectivity index (χ4v) is 3.27. The first kappa shape index (κ1) is 15.6. The van der Waals surface area contributed by atoms with Crippen molar-refractivity contribution in [2.45, 2.75) is 0 Å². The molecule has 5 aromatic rings. The smallest absolute Gasteiger partial charge is 0.157 e. The molecule has 0 aliphatic heterocycles. The second kappa shape index (κ2) is 5.95. The first-order valence-electron chi connectivity index (χ1n) is 8.50. The van der Waals surface area contributed by atoms with Gasteiger partial charge in [-0.3, -0.25) is 4.40 Å². The Morgan fingerprint density at radius 3 is 2.67 bits per heavy atom. The zero-order chi connectivity index (χ0) is 18.4. The molecule has 0 atom stereocenters. The maximum absolute atomic E-state index is 13.6. The number of methoxy groups -OCH3 is 1. The summed E-state index contributed by atoms with van der Waals surface area (Å²) < 4.78 is 20.8. The van der Waals surface area contributed by atoms with Gasteiger partial charge >= 0.3 is 0 Å². The summed E-state index contributed by atoms with van der Waals surface area (Å²) in [4.78, 5) is 12.7. The van der Waals surface area contributed by atoms with Gasteiger partial charge in [-0.05, 0) is 54.6 Å². The van der Waals surface area contributed by atoms with Gasteiger partial charge in [-0.15, -0.1) is 0 Å². The highest BCUT2D eigenvalue weighted by Crippen LogP contribution is 2.33. The van der Waals surface area contributed by atoms with Crippen molar-refractivity contribution in [3.63, 3.8) is 0 Å². The fraction of sp³-hybridized carbons (Fsp3) is 0.0476. The van der Waals surface area contributed by atoms with Crippen LogP contribution in [-0.4, -0.2) is 26.5 Å². The predicted octanol–water partition coefficient (Wildman–Crippen LogP) is 4.69. The molecule has 0 aliphatic rings. The van der Waals surface area contributed by atoms with Crippen LogP contribution in [0.15, 0.2) is 66.9 Å². The van der Waals surface area contributed by atoms with Gasteiger partial charge in [0.15, 0.2) is 5.82 Å². The molecule has 6 heteroatoms. The van der Waals surface area contributed by atoms with Crippen molar-refractivity contribution in [3.8, 4) is 28.5 Å². The van der Waals surface area contributed by atoms with E-state index >= 15 is 0 Å². The van der Waals surface area contributed by atoms with E-state index in [1.54, 1.807) is 13.2 Å². The molecule has 1 N–H and O–H groups in total. The van der Waals surface area contributed by atoms with Crippen molar-refractivity contribution in [1.29, 1.82) is 0 Å². The number of aromatic nitrogens is 4. The van der Waals surface area contributed by atoms with E-state index in [4.69, 9.17) is 9.72 Å². The van der Waals surface area contributed by atoms with Gasteiger partial charge in [0.1, 0.15) is 28.6 Å². The molecule has 5 nitrogen and oxygen atoms in total. The van der Waals surface area contributed by atoms with Crippen molar-refractivity contribution >= 4 is 16.7 Å². The molecule has 27 heavy (non-hydrogen) atoms. The Balaban J connectivity index is 1.78. The number of hydrogen-bond donors (Lipinski definition) is 1. The average Bonchev–Trinajstić information content (AvgIpc) is 3.28. The highest BCUT2D eigenvalue weighted by Gasteiger charge is 2.19. The lowest BCUT2D eigenvalue weighted by atomic mass is 10.1. The Hall–Kier alpha value is -3.67. The van der Waals surface area contributed by atoms with E-state index in [0.29, 0.717) is 16.9 Å². The molecule has 3 aromatic heterocycles. The second-order valence-electron chi connectivity index (χ2n) is 6.21. The quantitative estimate of drug-likeness (QED) is 0.509. The van der Waals surface area contributed by atoms with Crippen LogP contribution >= 0.6 is 0 Å². The Morgan fingerprint density at radius 1 is 1.00 bits per heavy atom. The maximum atomic E-state index is 13.6. The SMILES string of the molecule is COc1ccc(-c2nc3ccccn3c2-c2nc3ccc(F)cc3[nH]2)cc1. The van der Waals surface area contributed by atoms with Gasteiger partial charge in [0.25, 0.3) is 0 Å². The van der Waals surface area contributed by atoms with Gasteiger partial charge in [0.05, 0.1) is 18.1 Å². The summed E-state index contributed by atoms with van der Waals surface area (Å²) >= 11 is 0.